The number of benzene rings is 1. The number of carbonyl (C=O) groups excluding carboxylic acids is 1. The Morgan fingerprint density at radius 1 is 1.19 bits per heavy atom. The maximum absolute atomic E-state index is 12.0. The minimum absolute atomic E-state index is 0.265. The molecule has 0 saturated carbocycles. The lowest BCUT2D eigenvalue weighted by atomic mass is 10.1. The van der Waals surface area contributed by atoms with Gasteiger partial charge in [0.05, 0.1) is 16.6 Å². The van der Waals surface area contributed by atoms with Gasteiger partial charge < -0.3 is 9.72 Å². The lowest BCUT2D eigenvalue weighted by molar-refractivity contribution is 0.0533. The first-order valence-electron chi connectivity index (χ1n) is 8.83. The molecule has 2 aromatic heterocycles. The van der Waals surface area contributed by atoms with Gasteiger partial charge in [0.25, 0.3) is 0 Å². The zero-order chi connectivity index (χ0) is 17.8. The molecule has 0 spiro atoms. The smallest absolute Gasteiger partial charge is 0.338 e. The molecule has 1 aromatic carbocycles. The summed E-state index contributed by atoms with van der Waals surface area (Å²) in [5.74, 6) is -0.265. The molecule has 5 nitrogen and oxygen atoms in total. The van der Waals surface area contributed by atoms with Gasteiger partial charge in [0.1, 0.15) is 6.61 Å². The summed E-state index contributed by atoms with van der Waals surface area (Å²) < 4.78 is 5.43. The van der Waals surface area contributed by atoms with E-state index >= 15 is 0 Å². The topological polar surface area (TPSA) is 58.2 Å². The number of ether oxygens (including phenoxy) is 1. The predicted molar refractivity (Wildman–Crippen MR) is 101 cm³/mol. The number of pyridine rings is 1. The fraction of sp³-hybridized carbons (Fsp3) is 0.238. The van der Waals surface area contributed by atoms with E-state index in [1.807, 2.05) is 42.7 Å². The van der Waals surface area contributed by atoms with E-state index in [9.17, 15) is 4.79 Å². The van der Waals surface area contributed by atoms with Gasteiger partial charge in [-0.15, -0.1) is 0 Å². The molecule has 0 bridgehead atoms. The van der Waals surface area contributed by atoms with Crippen molar-refractivity contribution >= 4 is 17.0 Å². The van der Waals surface area contributed by atoms with Crippen molar-refractivity contribution in [3.05, 3.63) is 77.6 Å². The van der Waals surface area contributed by atoms with Crippen LogP contribution in [0.1, 0.15) is 22.3 Å². The van der Waals surface area contributed by atoms with E-state index in [0.29, 0.717) is 12.2 Å². The Kier molecular flexibility index (Phi) is 4.80. The summed E-state index contributed by atoms with van der Waals surface area (Å²) in [6.07, 6.45) is 6.95. The Bertz CT molecular complexity index is 931. The molecular formula is C21H21N3O2. The first-order valence-corrected chi connectivity index (χ1v) is 8.83. The van der Waals surface area contributed by atoms with Crippen molar-refractivity contribution in [1.82, 2.24) is 14.9 Å². The molecule has 1 N–H and O–H groups in total. The maximum Gasteiger partial charge on any atom is 0.338 e. The number of aromatic amines is 1. The lowest BCUT2D eigenvalue weighted by Crippen LogP contribution is -2.29. The predicted octanol–water partition coefficient (Wildman–Crippen LogP) is 3.55. The zero-order valence-corrected chi connectivity index (χ0v) is 14.5. The van der Waals surface area contributed by atoms with Gasteiger partial charge in [0.2, 0.25) is 0 Å². The molecule has 5 heteroatoms. The molecule has 1 aliphatic heterocycles. The standard InChI is InChI=1S/C21H21N3O2/c25-21(17-5-2-1-3-6-17)26-15-16-8-11-24(12-9-16)14-18-13-23-19-7-4-10-22-20(18)19/h1-8,10,13,23H,9,11-12,14-15H2. The molecule has 3 aromatic rings. The molecule has 0 aliphatic carbocycles. The minimum atomic E-state index is -0.265. The number of hydrogen-bond acceptors (Lipinski definition) is 4. The molecule has 0 amide bonds. The van der Waals surface area contributed by atoms with E-state index < -0.39 is 0 Å². The van der Waals surface area contributed by atoms with Gasteiger partial charge in [-0.05, 0) is 36.3 Å². The van der Waals surface area contributed by atoms with E-state index in [4.69, 9.17) is 4.74 Å². The Balaban J connectivity index is 1.31. The van der Waals surface area contributed by atoms with E-state index in [-0.39, 0.29) is 5.97 Å². The molecule has 0 fully saturated rings. The third-order valence-electron chi connectivity index (χ3n) is 4.69. The van der Waals surface area contributed by atoms with Crippen molar-refractivity contribution in [2.45, 2.75) is 13.0 Å². The fourth-order valence-electron chi connectivity index (χ4n) is 3.22. The van der Waals surface area contributed by atoms with Crippen LogP contribution in [0.5, 0.6) is 0 Å². The summed E-state index contributed by atoms with van der Waals surface area (Å²) >= 11 is 0. The second kappa shape index (κ2) is 7.54. The van der Waals surface area contributed by atoms with Crippen LogP contribution >= 0.6 is 0 Å². The normalized spacial score (nSPS) is 15.0. The lowest BCUT2D eigenvalue weighted by Gasteiger charge is -2.25. The molecule has 1 aliphatic rings. The quantitative estimate of drug-likeness (QED) is 0.566. The van der Waals surface area contributed by atoms with Crippen LogP contribution in [0.2, 0.25) is 0 Å². The average Bonchev–Trinajstić information content (AvgIpc) is 3.11. The van der Waals surface area contributed by atoms with Crippen molar-refractivity contribution in [2.75, 3.05) is 19.7 Å². The number of aromatic nitrogens is 2. The third kappa shape index (κ3) is 3.68. The molecular weight excluding hydrogens is 326 g/mol. The highest BCUT2D eigenvalue weighted by Crippen LogP contribution is 2.19. The number of nitrogens with zero attached hydrogens (tertiary/aromatic N) is 2. The summed E-state index contributed by atoms with van der Waals surface area (Å²) in [6.45, 7) is 3.05. The van der Waals surface area contributed by atoms with Crippen LogP contribution in [0, 0.1) is 0 Å². The van der Waals surface area contributed by atoms with E-state index in [0.717, 1.165) is 37.1 Å². The van der Waals surface area contributed by atoms with Crippen LogP contribution in [-0.2, 0) is 11.3 Å². The van der Waals surface area contributed by atoms with Gasteiger partial charge in [0, 0.05) is 37.6 Å². The highest BCUT2D eigenvalue weighted by Gasteiger charge is 2.16. The van der Waals surface area contributed by atoms with E-state index in [1.54, 1.807) is 12.1 Å². The minimum Gasteiger partial charge on any atom is -0.458 e. The molecule has 132 valence electrons. The molecule has 4 rings (SSSR count). The first kappa shape index (κ1) is 16.5. The molecule has 0 saturated heterocycles. The summed E-state index contributed by atoms with van der Waals surface area (Å²) in [6, 6.07) is 13.1. The first-order chi connectivity index (χ1) is 12.8. The summed E-state index contributed by atoms with van der Waals surface area (Å²) in [4.78, 5) is 22.1. The molecule has 3 heterocycles. The van der Waals surface area contributed by atoms with Crippen LogP contribution in [0.4, 0.5) is 0 Å². The monoisotopic (exact) mass is 347 g/mol. The fourth-order valence-corrected chi connectivity index (χ4v) is 3.22. The van der Waals surface area contributed by atoms with Crippen molar-refractivity contribution < 1.29 is 9.53 Å². The van der Waals surface area contributed by atoms with Gasteiger partial charge in [-0.1, -0.05) is 24.3 Å². The Labute approximate surface area is 152 Å². The number of rotatable bonds is 5. The number of hydrogen-bond donors (Lipinski definition) is 1. The van der Waals surface area contributed by atoms with Gasteiger partial charge in [-0.25, -0.2) is 4.79 Å². The van der Waals surface area contributed by atoms with Crippen LogP contribution < -0.4 is 0 Å². The number of nitrogens with one attached hydrogen (secondary N) is 1. The van der Waals surface area contributed by atoms with Gasteiger partial charge in [-0.3, -0.25) is 9.88 Å². The van der Waals surface area contributed by atoms with Crippen molar-refractivity contribution in [3.63, 3.8) is 0 Å². The second-order valence-electron chi connectivity index (χ2n) is 6.50. The second-order valence-corrected chi connectivity index (χ2v) is 6.50. The largest absolute Gasteiger partial charge is 0.458 e. The molecule has 0 radical (unpaired) electrons. The highest BCUT2D eigenvalue weighted by molar-refractivity contribution is 5.89. The van der Waals surface area contributed by atoms with Crippen molar-refractivity contribution in [3.8, 4) is 0 Å². The van der Waals surface area contributed by atoms with Crippen LogP contribution in [-0.4, -0.2) is 40.5 Å². The Morgan fingerprint density at radius 2 is 2.08 bits per heavy atom. The van der Waals surface area contributed by atoms with Crippen LogP contribution in [0.15, 0.2) is 66.5 Å². The summed E-state index contributed by atoms with van der Waals surface area (Å²) in [5.41, 5.74) is 5.11. The number of H-pyrrole nitrogens is 1. The highest BCUT2D eigenvalue weighted by atomic mass is 16.5. The van der Waals surface area contributed by atoms with Gasteiger partial charge in [0.15, 0.2) is 0 Å². The van der Waals surface area contributed by atoms with E-state index in [2.05, 4.69) is 20.9 Å². The average molecular weight is 347 g/mol. The van der Waals surface area contributed by atoms with Crippen molar-refractivity contribution in [2.24, 2.45) is 0 Å². The number of carbonyl (C=O) groups is 1. The number of esters is 1. The van der Waals surface area contributed by atoms with Crippen molar-refractivity contribution in [1.29, 1.82) is 0 Å². The molecule has 0 unspecified atom stereocenters. The SMILES string of the molecule is O=C(OCC1=CCN(Cc2c[nH]c3cccnc23)CC1)c1ccccc1. The zero-order valence-electron chi connectivity index (χ0n) is 14.5. The van der Waals surface area contributed by atoms with Gasteiger partial charge >= 0.3 is 5.97 Å². The summed E-state index contributed by atoms with van der Waals surface area (Å²) in [5, 5.41) is 0. The summed E-state index contributed by atoms with van der Waals surface area (Å²) in [7, 11) is 0. The van der Waals surface area contributed by atoms with Crippen LogP contribution in [0.25, 0.3) is 11.0 Å². The molecule has 26 heavy (non-hydrogen) atoms. The number of fused-ring (bicyclic) bond motifs is 1. The Morgan fingerprint density at radius 3 is 2.88 bits per heavy atom. The molecule has 0 atom stereocenters. The Hall–Kier alpha value is -2.92. The third-order valence-corrected chi connectivity index (χ3v) is 4.69. The van der Waals surface area contributed by atoms with E-state index in [1.165, 1.54) is 11.1 Å². The van der Waals surface area contributed by atoms with Gasteiger partial charge in [-0.2, -0.15) is 0 Å². The maximum atomic E-state index is 12.0. The van der Waals surface area contributed by atoms with Crippen LogP contribution in [0.3, 0.4) is 0 Å².